The maximum Gasteiger partial charge on any atom is 0.251 e. The Labute approximate surface area is 192 Å². The number of nitrogens with one attached hydrogen (secondary N) is 1. The van der Waals surface area contributed by atoms with Crippen molar-refractivity contribution in [3.05, 3.63) is 35.4 Å². The molecule has 0 bridgehead atoms. The fourth-order valence-corrected chi connectivity index (χ4v) is 4.36. The maximum absolute atomic E-state index is 13.4. The first-order valence-electron chi connectivity index (χ1n) is 12.3. The third-order valence-corrected chi connectivity index (χ3v) is 6.95. The third kappa shape index (κ3) is 5.90. The summed E-state index contributed by atoms with van der Waals surface area (Å²) in [7, 11) is 0. The molecule has 32 heavy (non-hydrogen) atoms. The summed E-state index contributed by atoms with van der Waals surface area (Å²) in [5.74, 6) is 0.203. The molecule has 2 fully saturated rings. The van der Waals surface area contributed by atoms with E-state index in [2.05, 4.69) is 12.2 Å². The Kier molecular flexibility index (Phi) is 8.32. The zero-order chi connectivity index (χ0) is 23.3. The molecule has 6 heteroatoms. The number of rotatable bonds is 9. The molecule has 0 spiro atoms. The molecule has 1 aliphatic heterocycles. The summed E-state index contributed by atoms with van der Waals surface area (Å²) in [6.07, 6.45) is 6.07. The van der Waals surface area contributed by atoms with E-state index < -0.39 is 6.04 Å². The van der Waals surface area contributed by atoms with Crippen LogP contribution in [-0.2, 0) is 16.0 Å². The number of nitrogens with zero attached hydrogens (tertiary/aromatic N) is 2. The lowest BCUT2D eigenvalue weighted by Crippen LogP contribution is -2.60. The van der Waals surface area contributed by atoms with Crippen LogP contribution in [0.2, 0.25) is 0 Å². The van der Waals surface area contributed by atoms with Crippen LogP contribution in [0, 0.1) is 11.8 Å². The van der Waals surface area contributed by atoms with Crippen LogP contribution in [0.5, 0.6) is 0 Å². The van der Waals surface area contributed by atoms with Crippen LogP contribution < -0.4 is 5.32 Å². The van der Waals surface area contributed by atoms with Gasteiger partial charge in [0.1, 0.15) is 6.04 Å². The molecule has 3 rings (SSSR count). The van der Waals surface area contributed by atoms with Gasteiger partial charge in [0.15, 0.2) is 0 Å². The molecule has 1 aromatic rings. The lowest BCUT2D eigenvalue weighted by atomic mass is 9.96. The predicted octanol–water partition coefficient (Wildman–Crippen LogP) is 3.64. The minimum absolute atomic E-state index is 0.00440. The van der Waals surface area contributed by atoms with Gasteiger partial charge in [-0.25, -0.2) is 0 Å². The van der Waals surface area contributed by atoms with E-state index in [1.165, 1.54) is 5.56 Å². The zero-order valence-corrected chi connectivity index (χ0v) is 20.1. The predicted molar refractivity (Wildman–Crippen MR) is 126 cm³/mol. The van der Waals surface area contributed by atoms with E-state index in [1.807, 2.05) is 54.8 Å². The van der Waals surface area contributed by atoms with E-state index >= 15 is 0 Å². The second-order valence-electron chi connectivity index (χ2n) is 9.58. The van der Waals surface area contributed by atoms with Crippen molar-refractivity contribution in [1.29, 1.82) is 0 Å². The average molecular weight is 442 g/mol. The zero-order valence-electron chi connectivity index (χ0n) is 20.1. The standard InChI is InChI=1S/C26H39N3O3/c1-5-7-8-20-9-11-21(12-10-20)24(30)27-23(18(3)6-2)26(32)28-15-16-29(19(4)17-28)25(31)22-13-14-22/h9-12,18-19,22-23H,5-8,13-17H2,1-4H3,(H,27,30). The molecule has 1 aliphatic carbocycles. The molecule has 2 aliphatic rings. The van der Waals surface area contributed by atoms with E-state index in [1.54, 1.807) is 0 Å². The van der Waals surface area contributed by atoms with Crippen molar-refractivity contribution in [2.24, 2.45) is 11.8 Å². The van der Waals surface area contributed by atoms with Gasteiger partial charge in [0, 0.05) is 37.2 Å². The van der Waals surface area contributed by atoms with E-state index in [4.69, 9.17) is 0 Å². The number of unbranched alkanes of at least 4 members (excludes halogenated alkanes) is 1. The van der Waals surface area contributed by atoms with Gasteiger partial charge in [-0.15, -0.1) is 0 Å². The third-order valence-electron chi connectivity index (χ3n) is 6.95. The van der Waals surface area contributed by atoms with E-state index in [0.717, 1.165) is 38.5 Å². The van der Waals surface area contributed by atoms with Gasteiger partial charge in [-0.2, -0.15) is 0 Å². The lowest BCUT2D eigenvalue weighted by Gasteiger charge is -2.41. The maximum atomic E-state index is 13.4. The van der Waals surface area contributed by atoms with E-state index in [0.29, 0.717) is 25.2 Å². The largest absolute Gasteiger partial charge is 0.340 e. The van der Waals surface area contributed by atoms with Gasteiger partial charge in [0.05, 0.1) is 0 Å². The number of hydrogen-bond donors (Lipinski definition) is 1. The highest BCUT2D eigenvalue weighted by atomic mass is 16.2. The van der Waals surface area contributed by atoms with Crippen LogP contribution in [0.15, 0.2) is 24.3 Å². The molecular weight excluding hydrogens is 402 g/mol. The quantitative estimate of drug-likeness (QED) is 0.636. The van der Waals surface area contributed by atoms with Gasteiger partial charge in [-0.05, 0) is 56.2 Å². The van der Waals surface area contributed by atoms with Crippen LogP contribution in [0.3, 0.4) is 0 Å². The Morgan fingerprint density at radius 1 is 1.09 bits per heavy atom. The van der Waals surface area contributed by atoms with Crippen LogP contribution in [0.4, 0.5) is 0 Å². The average Bonchev–Trinajstić information content (AvgIpc) is 3.65. The number of carbonyl (C=O) groups excluding carboxylic acids is 3. The molecule has 3 amide bonds. The Morgan fingerprint density at radius 2 is 1.78 bits per heavy atom. The normalized spacial score (nSPS) is 20.6. The van der Waals surface area contributed by atoms with E-state index in [-0.39, 0.29) is 35.6 Å². The Bertz CT molecular complexity index is 803. The first kappa shape index (κ1) is 24.3. The fourth-order valence-electron chi connectivity index (χ4n) is 4.36. The van der Waals surface area contributed by atoms with Crippen molar-refractivity contribution in [2.45, 2.75) is 78.3 Å². The Morgan fingerprint density at radius 3 is 2.34 bits per heavy atom. The highest BCUT2D eigenvalue weighted by Crippen LogP contribution is 2.32. The van der Waals surface area contributed by atoms with Crippen molar-refractivity contribution in [3.8, 4) is 0 Å². The molecule has 1 saturated carbocycles. The molecule has 3 unspecified atom stereocenters. The smallest absolute Gasteiger partial charge is 0.251 e. The van der Waals surface area contributed by atoms with Crippen LogP contribution in [0.25, 0.3) is 0 Å². The van der Waals surface area contributed by atoms with Crippen molar-refractivity contribution in [1.82, 2.24) is 15.1 Å². The summed E-state index contributed by atoms with van der Waals surface area (Å²) in [5, 5.41) is 3.01. The highest BCUT2D eigenvalue weighted by molar-refractivity contribution is 5.97. The summed E-state index contributed by atoms with van der Waals surface area (Å²) in [4.78, 5) is 42.6. The molecule has 176 valence electrons. The SMILES string of the molecule is CCCCc1ccc(C(=O)NC(C(=O)N2CCN(C(=O)C3CC3)C(C)C2)C(C)CC)cc1. The van der Waals surface area contributed by atoms with E-state index in [9.17, 15) is 14.4 Å². The van der Waals surface area contributed by atoms with Crippen LogP contribution in [-0.4, -0.2) is 59.2 Å². The molecule has 0 radical (unpaired) electrons. The summed E-state index contributed by atoms with van der Waals surface area (Å²) < 4.78 is 0. The minimum Gasteiger partial charge on any atom is -0.340 e. The minimum atomic E-state index is -0.565. The number of amides is 3. The van der Waals surface area contributed by atoms with Gasteiger partial charge < -0.3 is 15.1 Å². The number of benzene rings is 1. The fraction of sp³-hybridized carbons (Fsp3) is 0.654. The lowest BCUT2D eigenvalue weighted by molar-refractivity contribution is -0.144. The highest BCUT2D eigenvalue weighted by Gasteiger charge is 2.39. The van der Waals surface area contributed by atoms with Crippen molar-refractivity contribution in [3.63, 3.8) is 0 Å². The van der Waals surface area contributed by atoms with Crippen LogP contribution in [0.1, 0.15) is 75.7 Å². The van der Waals surface area contributed by atoms with Gasteiger partial charge in [-0.3, -0.25) is 14.4 Å². The van der Waals surface area contributed by atoms with Crippen molar-refractivity contribution < 1.29 is 14.4 Å². The number of carbonyl (C=O) groups is 3. The Balaban J connectivity index is 1.63. The van der Waals surface area contributed by atoms with Crippen molar-refractivity contribution >= 4 is 17.7 Å². The second kappa shape index (κ2) is 11.0. The number of piperazine rings is 1. The first-order valence-corrected chi connectivity index (χ1v) is 12.3. The molecule has 6 nitrogen and oxygen atoms in total. The summed E-state index contributed by atoms with van der Waals surface area (Å²) in [6.45, 7) is 9.84. The number of hydrogen-bond acceptors (Lipinski definition) is 3. The van der Waals surface area contributed by atoms with Gasteiger partial charge in [0.25, 0.3) is 5.91 Å². The van der Waals surface area contributed by atoms with Gasteiger partial charge >= 0.3 is 0 Å². The summed E-state index contributed by atoms with van der Waals surface area (Å²) in [6, 6.07) is 7.14. The monoisotopic (exact) mass is 441 g/mol. The molecule has 1 aromatic carbocycles. The Hall–Kier alpha value is -2.37. The summed E-state index contributed by atoms with van der Waals surface area (Å²) >= 11 is 0. The molecule has 3 atom stereocenters. The molecule has 1 saturated heterocycles. The molecule has 1 N–H and O–H groups in total. The van der Waals surface area contributed by atoms with Crippen molar-refractivity contribution in [2.75, 3.05) is 19.6 Å². The number of aryl methyl sites for hydroxylation is 1. The van der Waals surface area contributed by atoms with Gasteiger partial charge in [-0.1, -0.05) is 45.7 Å². The molecule has 1 heterocycles. The van der Waals surface area contributed by atoms with Gasteiger partial charge in [0.2, 0.25) is 11.8 Å². The first-order chi connectivity index (χ1) is 15.3. The second-order valence-corrected chi connectivity index (χ2v) is 9.58. The topological polar surface area (TPSA) is 69.7 Å². The summed E-state index contributed by atoms with van der Waals surface area (Å²) in [5.41, 5.74) is 1.81. The molecular formula is C26H39N3O3. The van der Waals surface area contributed by atoms with Crippen LogP contribution >= 0.6 is 0 Å². The molecule has 0 aromatic heterocycles.